The predicted octanol–water partition coefficient (Wildman–Crippen LogP) is 0.115. The topological polar surface area (TPSA) is 111 Å². The van der Waals surface area contributed by atoms with Gasteiger partial charge in [-0.3, -0.25) is 0 Å². The Labute approximate surface area is 104 Å². The van der Waals surface area contributed by atoms with Crippen LogP contribution in [0, 0.1) is 0 Å². The number of hydrogen-bond acceptors (Lipinski definition) is 6. The van der Waals surface area contributed by atoms with Gasteiger partial charge in [0.05, 0.1) is 11.3 Å². The standard InChI is InChI=1S/C10H13N5O2S/c11-18(16,17)7-3-6-12-10-13-8-4-1-2-5-9(8)14-15-10/h1-2,4-5H,3,6-7H2,(H2,11,16,17)(H,12,13,15). The largest absolute Gasteiger partial charge is 0.353 e. The number of nitrogens with zero attached hydrogens (tertiary/aromatic N) is 3. The first-order valence-electron chi connectivity index (χ1n) is 5.38. The Morgan fingerprint density at radius 3 is 2.61 bits per heavy atom. The summed E-state index contributed by atoms with van der Waals surface area (Å²) < 4.78 is 21.4. The van der Waals surface area contributed by atoms with E-state index in [2.05, 4.69) is 20.5 Å². The van der Waals surface area contributed by atoms with E-state index < -0.39 is 10.0 Å². The average molecular weight is 267 g/mol. The van der Waals surface area contributed by atoms with Gasteiger partial charge in [-0.2, -0.15) is 0 Å². The van der Waals surface area contributed by atoms with Crippen LogP contribution >= 0.6 is 0 Å². The number of nitrogens with one attached hydrogen (secondary N) is 1. The molecule has 7 nitrogen and oxygen atoms in total. The smallest absolute Gasteiger partial charge is 0.243 e. The lowest BCUT2D eigenvalue weighted by Gasteiger charge is -2.03. The summed E-state index contributed by atoms with van der Waals surface area (Å²) in [4.78, 5) is 4.24. The molecule has 0 saturated carbocycles. The molecule has 0 saturated heterocycles. The Morgan fingerprint density at radius 1 is 1.17 bits per heavy atom. The van der Waals surface area contributed by atoms with Gasteiger partial charge in [0.2, 0.25) is 16.0 Å². The number of benzene rings is 1. The van der Waals surface area contributed by atoms with Crippen LogP contribution in [0.15, 0.2) is 24.3 Å². The van der Waals surface area contributed by atoms with Gasteiger partial charge < -0.3 is 5.32 Å². The minimum atomic E-state index is -3.41. The molecule has 0 bridgehead atoms. The lowest BCUT2D eigenvalue weighted by atomic mass is 10.3. The van der Waals surface area contributed by atoms with Crippen molar-refractivity contribution in [2.24, 2.45) is 5.14 Å². The molecule has 96 valence electrons. The first-order chi connectivity index (χ1) is 8.54. The molecular formula is C10H13N5O2S. The molecule has 1 aromatic carbocycles. The minimum Gasteiger partial charge on any atom is -0.353 e. The fraction of sp³-hybridized carbons (Fsp3) is 0.300. The van der Waals surface area contributed by atoms with Crippen molar-refractivity contribution in [2.75, 3.05) is 17.6 Å². The lowest BCUT2D eigenvalue weighted by Crippen LogP contribution is -2.19. The van der Waals surface area contributed by atoms with Crippen LogP contribution in [-0.4, -0.2) is 35.9 Å². The molecule has 18 heavy (non-hydrogen) atoms. The zero-order chi connectivity index (χ0) is 13.0. The summed E-state index contributed by atoms with van der Waals surface area (Å²) in [5.41, 5.74) is 1.45. The van der Waals surface area contributed by atoms with Gasteiger partial charge in [0, 0.05) is 6.54 Å². The van der Waals surface area contributed by atoms with Crippen molar-refractivity contribution in [1.82, 2.24) is 15.2 Å². The molecule has 0 unspecified atom stereocenters. The number of nitrogens with two attached hydrogens (primary N) is 1. The highest BCUT2D eigenvalue weighted by Gasteiger charge is 2.03. The highest BCUT2D eigenvalue weighted by atomic mass is 32.2. The molecule has 2 aromatic rings. The molecule has 0 radical (unpaired) electrons. The third-order valence-corrected chi connectivity index (χ3v) is 3.11. The molecule has 0 aliphatic heterocycles. The van der Waals surface area contributed by atoms with Crippen LogP contribution in [0.1, 0.15) is 6.42 Å². The summed E-state index contributed by atoms with van der Waals surface area (Å²) in [6, 6.07) is 7.37. The van der Waals surface area contributed by atoms with Gasteiger partial charge in [-0.25, -0.2) is 18.5 Å². The Morgan fingerprint density at radius 2 is 1.89 bits per heavy atom. The van der Waals surface area contributed by atoms with Gasteiger partial charge in [-0.1, -0.05) is 12.1 Å². The van der Waals surface area contributed by atoms with Crippen molar-refractivity contribution in [1.29, 1.82) is 0 Å². The Bertz CT molecular complexity index is 644. The van der Waals surface area contributed by atoms with Gasteiger partial charge >= 0.3 is 0 Å². The van der Waals surface area contributed by atoms with Crippen molar-refractivity contribution in [3.05, 3.63) is 24.3 Å². The highest BCUT2D eigenvalue weighted by Crippen LogP contribution is 2.08. The lowest BCUT2D eigenvalue weighted by molar-refractivity contribution is 0.595. The number of aromatic nitrogens is 3. The summed E-state index contributed by atoms with van der Waals surface area (Å²) in [7, 11) is -3.41. The predicted molar refractivity (Wildman–Crippen MR) is 68.4 cm³/mol. The van der Waals surface area contributed by atoms with Crippen LogP contribution < -0.4 is 10.5 Å². The summed E-state index contributed by atoms with van der Waals surface area (Å²) in [5, 5.41) is 15.7. The molecule has 1 aromatic heterocycles. The van der Waals surface area contributed by atoms with Crippen molar-refractivity contribution < 1.29 is 8.42 Å². The van der Waals surface area contributed by atoms with E-state index in [1.54, 1.807) is 0 Å². The Kier molecular flexibility index (Phi) is 3.68. The number of anilines is 1. The average Bonchev–Trinajstić information content (AvgIpc) is 2.33. The zero-order valence-electron chi connectivity index (χ0n) is 9.57. The summed E-state index contributed by atoms with van der Waals surface area (Å²) >= 11 is 0. The molecule has 0 atom stereocenters. The number of rotatable bonds is 5. The third kappa shape index (κ3) is 3.60. The van der Waals surface area contributed by atoms with E-state index >= 15 is 0 Å². The Hall–Kier alpha value is -1.80. The van der Waals surface area contributed by atoms with Gasteiger partial charge in [0.1, 0.15) is 5.52 Å². The number of hydrogen-bond donors (Lipinski definition) is 2. The molecule has 8 heteroatoms. The van der Waals surface area contributed by atoms with Crippen molar-refractivity contribution in [3.63, 3.8) is 0 Å². The number of primary sulfonamides is 1. The number of para-hydroxylation sites is 1. The maximum atomic E-state index is 10.7. The molecular weight excluding hydrogens is 254 g/mol. The second-order valence-corrected chi connectivity index (χ2v) is 5.51. The van der Waals surface area contributed by atoms with Gasteiger partial charge in [0.15, 0.2) is 0 Å². The third-order valence-electron chi connectivity index (χ3n) is 2.25. The molecule has 0 fully saturated rings. The molecule has 0 spiro atoms. The van der Waals surface area contributed by atoms with Crippen LogP contribution in [0.25, 0.3) is 11.0 Å². The number of fused-ring (bicyclic) bond motifs is 1. The van der Waals surface area contributed by atoms with E-state index in [0.29, 0.717) is 24.4 Å². The van der Waals surface area contributed by atoms with Crippen LogP contribution in [0.5, 0.6) is 0 Å². The van der Waals surface area contributed by atoms with E-state index in [1.807, 2.05) is 24.3 Å². The van der Waals surface area contributed by atoms with E-state index in [-0.39, 0.29) is 5.75 Å². The highest BCUT2D eigenvalue weighted by molar-refractivity contribution is 7.89. The molecule has 2 rings (SSSR count). The summed E-state index contributed by atoms with van der Waals surface area (Å²) in [5.74, 6) is 0.309. The zero-order valence-corrected chi connectivity index (χ0v) is 10.4. The Balaban J connectivity index is 1.96. The van der Waals surface area contributed by atoms with Gasteiger partial charge in [0.25, 0.3) is 0 Å². The van der Waals surface area contributed by atoms with Crippen LogP contribution in [-0.2, 0) is 10.0 Å². The first-order valence-corrected chi connectivity index (χ1v) is 7.10. The fourth-order valence-corrected chi connectivity index (χ4v) is 1.98. The van der Waals surface area contributed by atoms with E-state index in [4.69, 9.17) is 5.14 Å². The van der Waals surface area contributed by atoms with Gasteiger partial charge in [-0.15, -0.1) is 10.2 Å². The minimum absolute atomic E-state index is 0.0684. The first kappa shape index (κ1) is 12.7. The second-order valence-electron chi connectivity index (χ2n) is 3.77. The quantitative estimate of drug-likeness (QED) is 0.744. The molecule has 1 heterocycles. The van der Waals surface area contributed by atoms with Crippen LogP contribution in [0.2, 0.25) is 0 Å². The van der Waals surface area contributed by atoms with Crippen LogP contribution in [0.4, 0.5) is 5.95 Å². The van der Waals surface area contributed by atoms with Crippen LogP contribution in [0.3, 0.4) is 0 Å². The molecule has 3 N–H and O–H groups in total. The number of sulfonamides is 1. The van der Waals surface area contributed by atoms with Crippen molar-refractivity contribution >= 4 is 27.0 Å². The maximum Gasteiger partial charge on any atom is 0.243 e. The summed E-state index contributed by atoms with van der Waals surface area (Å²) in [6.07, 6.45) is 0.398. The SMILES string of the molecule is NS(=O)(=O)CCCNc1nnc2ccccc2n1. The van der Waals surface area contributed by atoms with Gasteiger partial charge in [-0.05, 0) is 18.6 Å². The normalized spacial score (nSPS) is 11.6. The van der Waals surface area contributed by atoms with E-state index in [0.717, 1.165) is 5.52 Å². The summed E-state index contributed by atoms with van der Waals surface area (Å²) in [6.45, 7) is 0.427. The second kappa shape index (κ2) is 5.23. The molecule has 0 amide bonds. The van der Waals surface area contributed by atoms with E-state index in [1.165, 1.54) is 0 Å². The monoisotopic (exact) mass is 267 g/mol. The van der Waals surface area contributed by atoms with Crippen molar-refractivity contribution in [2.45, 2.75) is 6.42 Å². The fourth-order valence-electron chi connectivity index (χ4n) is 1.43. The maximum absolute atomic E-state index is 10.7. The molecule has 0 aliphatic rings. The van der Waals surface area contributed by atoms with Crippen molar-refractivity contribution in [3.8, 4) is 0 Å². The molecule has 0 aliphatic carbocycles. The van der Waals surface area contributed by atoms with E-state index in [9.17, 15) is 8.42 Å².